The Labute approximate surface area is 120 Å². The topological polar surface area (TPSA) is 52.5 Å². The maximum atomic E-state index is 9.71. The Balaban J connectivity index is 2.17. The number of anilines is 1. The van der Waals surface area contributed by atoms with Crippen molar-refractivity contribution in [3.63, 3.8) is 0 Å². The molecule has 0 unspecified atom stereocenters. The summed E-state index contributed by atoms with van der Waals surface area (Å²) in [6.45, 7) is 2.52. The van der Waals surface area contributed by atoms with Crippen LogP contribution in [0.5, 0.6) is 11.5 Å². The van der Waals surface area contributed by atoms with Crippen LogP contribution in [0.1, 0.15) is 11.1 Å². The molecule has 0 spiro atoms. The van der Waals surface area contributed by atoms with E-state index in [1.807, 2.05) is 25.1 Å². The van der Waals surface area contributed by atoms with Crippen molar-refractivity contribution in [2.24, 2.45) is 0 Å². The normalized spacial score (nSPS) is 10.3. The van der Waals surface area contributed by atoms with Gasteiger partial charge in [0.05, 0.1) is 0 Å². The van der Waals surface area contributed by atoms with Crippen LogP contribution in [0.2, 0.25) is 0 Å². The first-order valence-corrected chi connectivity index (χ1v) is 6.66. The third-order valence-corrected chi connectivity index (χ3v) is 4.00. The highest BCUT2D eigenvalue weighted by molar-refractivity contribution is 14.1. The fraction of sp³-hybridized carbons (Fsp3) is 0.143. The highest BCUT2D eigenvalue weighted by Gasteiger charge is 2.06. The van der Waals surface area contributed by atoms with Crippen LogP contribution < -0.4 is 5.32 Å². The third-order valence-electron chi connectivity index (χ3n) is 2.84. The van der Waals surface area contributed by atoms with Gasteiger partial charge in [-0.1, -0.05) is 18.2 Å². The van der Waals surface area contributed by atoms with Crippen LogP contribution in [0.4, 0.5) is 5.69 Å². The van der Waals surface area contributed by atoms with E-state index in [1.54, 1.807) is 12.1 Å². The lowest BCUT2D eigenvalue weighted by Crippen LogP contribution is -2.02. The maximum absolute atomic E-state index is 9.71. The van der Waals surface area contributed by atoms with E-state index in [0.29, 0.717) is 12.1 Å². The molecule has 18 heavy (non-hydrogen) atoms. The molecule has 3 nitrogen and oxygen atoms in total. The molecule has 0 saturated carbocycles. The van der Waals surface area contributed by atoms with Crippen molar-refractivity contribution >= 4 is 28.3 Å². The summed E-state index contributed by atoms with van der Waals surface area (Å²) in [6.07, 6.45) is 0. The summed E-state index contributed by atoms with van der Waals surface area (Å²) in [6, 6.07) is 11.0. The summed E-state index contributed by atoms with van der Waals surface area (Å²) in [7, 11) is 0. The summed E-state index contributed by atoms with van der Waals surface area (Å²) in [4.78, 5) is 0. The van der Waals surface area contributed by atoms with E-state index in [0.717, 1.165) is 5.69 Å². The molecule has 2 rings (SSSR count). The van der Waals surface area contributed by atoms with Crippen molar-refractivity contribution in [3.05, 3.63) is 51.1 Å². The molecule has 2 aromatic carbocycles. The molecule has 0 aliphatic heterocycles. The average molecular weight is 355 g/mol. The molecular weight excluding hydrogens is 341 g/mol. The quantitative estimate of drug-likeness (QED) is 0.582. The van der Waals surface area contributed by atoms with E-state index in [4.69, 9.17) is 0 Å². The van der Waals surface area contributed by atoms with Gasteiger partial charge in [-0.3, -0.25) is 0 Å². The van der Waals surface area contributed by atoms with E-state index in [-0.39, 0.29) is 11.5 Å². The summed E-state index contributed by atoms with van der Waals surface area (Å²) in [5.74, 6) is -0.151. The van der Waals surface area contributed by atoms with Gasteiger partial charge in [0.15, 0.2) is 11.5 Å². The molecule has 94 valence electrons. The Morgan fingerprint density at radius 3 is 2.61 bits per heavy atom. The number of aromatic hydroxyl groups is 2. The minimum Gasteiger partial charge on any atom is -0.504 e. The van der Waals surface area contributed by atoms with Gasteiger partial charge >= 0.3 is 0 Å². The highest BCUT2D eigenvalue weighted by atomic mass is 127. The van der Waals surface area contributed by atoms with Crippen molar-refractivity contribution in [3.8, 4) is 11.5 Å². The Morgan fingerprint density at radius 1 is 1.11 bits per heavy atom. The molecule has 0 radical (unpaired) electrons. The molecule has 2 aromatic rings. The Morgan fingerprint density at radius 2 is 1.83 bits per heavy atom. The molecule has 4 heteroatoms. The largest absolute Gasteiger partial charge is 0.504 e. The summed E-state index contributed by atoms with van der Waals surface area (Å²) in [5, 5.41) is 22.4. The number of benzene rings is 2. The molecule has 0 heterocycles. The van der Waals surface area contributed by atoms with Crippen molar-refractivity contribution in [1.29, 1.82) is 0 Å². The van der Waals surface area contributed by atoms with Gasteiger partial charge in [-0.25, -0.2) is 0 Å². The predicted molar refractivity (Wildman–Crippen MR) is 81.0 cm³/mol. The predicted octanol–water partition coefficient (Wildman–Crippen LogP) is 3.62. The van der Waals surface area contributed by atoms with E-state index in [9.17, 15) is 10.2 Å². The van der Waals surface area contributed by atoms with E-state index in [2.05, 4.69) is 27.9 Å². The molecule has 0 atom stereocenters. The van der Waals surface area contributed by atoms with Crippen LogP contribution >= 0.6 is 22.6 Å². The Hall–Kier alpha value is -1.43. The number of rotatable bonds is 3. The molecule has 0 aliphatic rings. The van der Waals surface area contributed by atoms with Crippen LogP contribution in [0.3, 0.4) is 0 Å². The number of phenols is 2. The van der Waals surface area contributed by atoms with Crippen molar-refractivity contribution < 1.29 is 10.2 Å². The monoisotopic (exact) mass is 355 g/mol. The van der Waals surface area contributed by atoms with Crippen LogP contribution in [0, 0.1) is 10.5 Å². The van der Waals surface area contributed by atoms with Crippen molar-refractivity contribution in [2.45, 2.75) is 13.5 Å². The lowest BCUT2D eigenvalue weighted by molar-refractivity contribution is 0.400. The number of para-hydroxylation sites is 1. The molecule has 3 N–H and O–H groups in total. The van der Waals surface area contributed by atoms with Gasteiger partial charge in [0.2, 0.25) is 0 Å². The Bertz CT molecular complexity index is 518. The zero-order valence-corrected chi connectivity index (χ0v) is 12.1. The second kappa shape index (κ2) is 5.48. The lowest BCUT2D eigenvalue weighted by Gasteiger charge is -2.12. The lowest BCUT2D eigenvalue weighted by atomic mass is 10.1. The highest BCUT2D eigenvalue weighted by Crippen LogP contribution is 2.29. The molecule has 0 amide bonds. The third kappa shape index (κ3) is 2.69. The van der Waals surface area contributed by atoms with Gasteiger partial charge in [-0.15, -0.1) is 0 Å². The van der Waals surface area contributed by atoms with Gasteiger partial charge < -0.3 is 15.5 Å². The fourth-order valence-electron chi connectivity index (χ4n) is 1.71. The second-order valence-electron chi connectivity index (χ2n) is 4.05. The second-order valence-corrected chi connectivity index (χ2v) is 5.21. The minimum atomic E-state index is -0.0892. The van der Waals surface area contributed by atoms with Crippen LogP contribution in [-0.2, 0) is 6.54 Å². The smallest absolute Gasteiger partial charge is 0.162 e. The number of hydrogen-bond donors (Lipinski definition) is 3. The first-order valence-electron chi connectivity index (χ1n) is 5.58. The van der Waals surface area contributed by atoms with Crippen LogP contribution in [-0.4, -0.2) is 10.2 Å². The van der Waals surface area contributed by atoms with Crippen LogP contribution in [0.15, 0.2) is 36.4 Å². The first-order chi connectivity index (χ1) is 8.59. The maximum Gasteiger partial charge on any atom is 0.162 e. The molecule has 0 saturated heterocycles. The average Bonchev–Trinajstić information content (AvgIpc) is 2.36. The zero-order valence-electron chi connectivity index (χ0n) is 9.94. The molecule has 0 bridgehead atoms. The zero-order chi connectivity index (χ0) is 13.1. The molecule has 0 fully saturated rings. The molecular formula is C14H14INO2. The van der Waals surface area contributed by atoms with Gasteiger partial charge in [-0.2, -0.15) is 0 Å². The van der Waals surface area contributed by atoms with Gasteiger partial charge in [0.1, 0.15) is 0 Å². The van der Waals surface area contributed by atoms with Crippen molar-refractivity contribution in [2.75, 3.05) is 5.32 Å². The van der Waals surface area contributed by atoms with Gasteiger partial charge in [-0.05, 0) is 53.3 Å². The summed E-state index contributed by atoms with van der Waals surface area (Å²) in [5.41, 5.74) is 2.88. The van der Waals surface area contributed by atoms with Crippen LogP contribution in [0.25, 0.3) is 0 Å². The van der Waals surface area contributed by atoms with Gasteiger partial charge in [0, 0.05) is 21.4 Å². The number of halogens is 1. The number of phenolic OH excluding ortho intramolecular Hbond substituents is 2. The SMILES string of the molecule is Cc1c(I)cccc1NCc1cccc(O)c1O. The molecule has 0 aliphatic carbocycles. The summed E-state index contributed by atoms with van der Waals surface area (Å²) < 4.78 is 1.19. The minimum absolute atomic E-state index is 0.0618. The van der Waals surface area contributed by atoms with Crippen molar-refractivity contribution in [1.82, 2.24) is 0 Å². The van der Waals surface area contributed by atoms with E-state index in [1.165, 1.54) is 15.2 Å². The first kappa shape index (κ1) is 13.0. The van der Waals surface area contributed by atoms with E-state index < -0.39 is 0 Å². The Kier molecular flexibility index (Phi) is 3.96. The molecule has 0 aromatic heterocycles. The van der Waals surface area contributed by atoms with Gasteiger partial charge in [0.25, 0.3) is 0 Å². The summed E-state index contributed by atoms with van der Waals surface area (Å²) >= 11 is 2.29. The number of nitrogens with one attached hydrogen (secondary N) is 1. The number of hydrogen-bond acceptors (Lipinski definition) is 3. The standard InChI is InChI=1S/C14H14INO2/c1-9-11(15)5-3-6-12(9)16-8-10-4-2-7-13(17)14(10)18/h2-7,16-18H,8H2,1H3. The van der Waals surface area contributed by atoms with E-state index >= 15 is 0 Å². The fourth-order valence-corrected chi connectivity index (χ4v) is 2.21.